The number of carbonyl (C=O) groups excluding carboxylic acids is 1. The molecule has 4 heterocycles. The monoisotopic (exact) mass is 454 g/mol. The number of rotatable bonds is 6. The van der Waals surface area contributed by atoms with Crippen LogP contribution in [-0.2, 0) is 9.47 Å². The lowest BCUT2D eigenvalue weighted by Gasteiger charge is -2.37. The molecule has 0 bridgehead atoms. The van der Waals surface area contributed by atoms with Crippen LogP contribution < -0.4 is 5.32 Å². The number of nitrogens with one attached hydrogen (secondary N) is 1. The summed E-state index contributed by atoms with van der Waals surface area (Å²) in [6.45, 7) is 6.84. The van der Waals surface area contributed by atoms with Gasteiger partial charge in [-0.15, -0.1) is 0 Å². The first kappa shape index (κ1) is 21.9. The molecule has 5 rings (SSSR count). The number of hydrogen-bond donors (Lipinski definition) is 1. The van der Waals surface area contributed by atoms with E-state index in [2.05, 4.69) is 20.4 Å². The summed E-state index contributed by atoms with van der Waals surface area (Å²) in [4.78, 5) is 20.3. The maximum atomic E-state index is 13.4. The van der Waals surface area contributed by atoms with Crippen molar-refractivity contribution >= 4 is 17.0 Å². The summed E-state index contributed by atoms with van der Waals surface area (Å²) < 4.78 is 29.9. The second-order valence-electron chi connectivity index (χ2n) is 8.56. The van der Waals surface area contributed by atoms with Gasteiger partial charge in [0.2, 0.25) is 0 Å². The zero-order valence-electron chi connectivity index (χ0n) is 18.6. The molecule has 2 aliphatic heterocycles. The smallest absolute Gasteiger partial charge is 0.259 e. The Labute approximate surface area is 191 Å². The molecule has 0 spiro atoms. The number of ether oxygens (including phenoxy) is 2. The highest BCUT2D eigenvalue weighted by Crippen LogP contribution is 2.28. The number of pyridine rings is 1. The maximum absolute atomic E-state index is 13.4. The average molecular weight is 455 g/mol. The molecule has 33 heavy (non-hydrogen) atoms. The molecule has 2 saturated heterocycles. The van der Waals surface area contributed by atoms with Crippen molar-refractivity contribution in [1.82, 2.24) is 20.4 Å². The molecule has 3 aromatic rings. The number of amides is 1. The molecule has 1 N–H and O–H groups in total. The summed E-state index contributed by atoms with van der Waals surface area (Å²) in [5.74, 6) is -0.180. The van der Waals surface area contributed by atoms with Gasteiger partial charge in [0.15, 0.2) is 0 Å². The van der Waals surface area contributed by atoms with Crippen LogP contribution in [0, 0.1) is 18.7 Å². The first-order valence-electron chi connectivity index (χ1n) is 11.3. The van der Waals surface area contributed by atoms with Gasteiger partial charge in [-0.3, -0.25) is 9.69 Å². The molecule has 2 unspecified atom stereocenters. The van der Waals surface area contributed by atoms with Crippen LogP contribution in [0.1, 0.15) is 22.5 Å². The number of aromatic nitrogens is 2. The Morgan fingerprint density at radius 1 is 1.21 bits per heavy atom. The number of fused-ring (bicyclic) bond motifs is 1. The molecule has 0 saturated carbocycles. The number of benzene rings is 1. The van der Waals surface area contributed by atoms with Crippen molar-refractivity contribution in [2.45, 2.75) is 19.4 Å². The topological polar surface area (TPSA) is 89.7 Å². The third kappa shape index (κ3) is 4.62. The Morgan fingerprint density at radius 3 is 2.73 bits per heavy atom. The Morgan fingerprint density at radius 2 is 2.00 bits per heavy atom. The first-order valence-corrected chi connectivity index (χ1v) is 11.3. The van der Waals surface area contributed by atoms with Crippen LogP contribution in [0.5, 0.6) is 0 Å². The fourth-order valence-electron chi connectivity index (χ4n) is 4.69. The second kappa shape index (κ2) is 9.54. The summed E-state index contributed by atoms with van der Waals surface area (Å²) in [6.07, 6.45) is 0.983. The third-order valence-corrected chi connectivity index (χ3v) is 6.50. The molecule has 0 aliphatic carbocycles. The lowest BCUT2D eigenvalue weighted by atomic mass is 9.96. The van der Waals surface area contributed by atoms with Crippen LogP contribution in [0.4, 0.5) is 4.39 Å². The van der Waals surface area contributed by atoms with Gasteiger partial charge in [-0.25, -0.2) is 9.37 Å². The minimum absolute atomic E-state index is 0.179. The van der Waals surface area contributed by atoms with Gasteiger partial charge in [-0.1, -0.05) is 5.16 Å². The molecule has 1 amide bonds. The van der Waals surface area contributed by atoms with Gasteiger partial charge >= 0.3 is 0 Å². The van der Waals surface area contributed by atoms with Crippen molar-refractivity contribution < 1.29 is 23.2 Å². The molecule has 1 aromatic carbocycles. The molecule has 2 aromatic heterocycles. The molecule has 0 radical (unpaired) electrons. The number of carbonyl (C=O) groups is 1. The predicted molar refractivity (Wildman–Crippen MR) is 119 cm³/mol. The van der Waals surface area contributed by atoms with Gasteiger partial charge in [0.1, 0.15) is 5.82 Å². The fraction of sp³-hybridized carbons (Fsp3) is 0.458. The quantitative estimate of drug-likeness (QED) is 0.613. The Kier molecular flexibility index (Phi) is 6.34. The molecular formula is C24H27FN4O4. The van der Waals surface area contributed by atoms with E-state index >= 15 is 0 Å². The second-order valence-corrected chi connectivity index (χ2v) is 8.56. The highest BCUT2D eigenvalue weighted by atomic mass is 19.1. The average Bonchev–Trinajstić information content (AvgIpc) is 3.50. The van der Waals surface area contributed by atoms with Crippen molar-refractivity contribution in [2.24, 2.45) is 5.92 Å². The maximum Gasteiger partial charge on any atom is 0.259 e. The summed E-state index contributed by atoms with van der Waals surface area (Å²) >= 11 is 0. The number of halogens is 1. The van der Waals surface area contributed by atoms with Crippen LogP contribution in [0.15, 0.2) is 34.9 Å². The van der Waals surface area contributed by atoms with Crippen molar-refractivity contribution in [2.75, 3.05) is 46.1 Å². The van der Waals surface area contributed by atoms with E-state index in [4.69, 9.17) is 14.0 Å². The van der Waals surface area contributed by atoms with Gasteiger partial charge in [0, 0.05) is 43.8 Å². The lowest BCUT2D eigenvalue weighted by molar-refractivity contribution is 0.00167. The number of nitrogens with zero attached hydrogens (tertiary/aromatic N) is 3. The molecular weight excluding hydrogens is 427 g/mol. The van der Waals surface area contributed by atoms with Crippen molar-refractivity contribution in [3.63, 3.8) is 0 Å². The number of morpholine rings is 1. The van der Waals surface area contributed by atoms with Crippen LogP contribution in [-0.4, -0.2) is 73.1 Å². The zero-order valence-corrected chi connectivity index (χ0v) is 18.6. The SMILES string of the molecule is Cc1noc2nc(-c3ccc(F)cc3)cc(C(=O)NCC(C3CCOC3)N3CCOCC3)c12. The first-order chi connectivity index (χ1) is 16.1. The van der Waals surface area contributed by atoms with E-state index in [0.29, 0.717) is 60.2 Å². The van der Waals surface area contributed by atoms with Crippen LogP contribution >= 0.6 is 0 Å². The minimum Gasteiger partial charge on any atom is -0.381 e. The Bertz CT molecular complexity index is 1120. The van der Waals surface area contributed by atoms with Gasteiger partial charge in [-0.2, -0.15) is 0 Å². The molecule has 2 fully saturated rings. The van der Waals surface area contributed by atoms with E-state index < -0.39 is 0 Å². The molecule has 2 aliphatic rings. The standard InChI is InChI=1S/C24H27FN4O4/c1-15-22-19(12-20(27-24(22)33-28-15)16-2-4-18(25)5-3-16)23(30)26-13-21(17-6-9-32-14-17)29-7-10-31-11-8-29/h2-5,12,17,21H,6-11,13-14H2,1H3,(H,26,30). The number of hydrogen-bond acceptors (Lipinski definition) is 7. The van der Waals surface area contributed by atoms with Gasteiger partial charge in [0.05, 0.1) is 42.2 Å². The van der Waals surface area contributed by atoms with Crippen LogP contribution in [0.25, 0.3) is 22.4 Å². The van der Waals surface area contributed by atoms with Gasteiger partial charge in [0.25, 0.3) is 11.6 Å². The molecule has 9 heteroatoms. The van der Waals surface area contributed by atoms with Crippen molar-refractivity contribution in [3.8, 4) is 11.3 Å². The molecule has 174 valence electrons. The highest BCUT2D eigenvalue weighted by Gasteiger charge is 2.32. The van der Waals surface area contributed by atoms with E-state index in [1.807, 2.05) is 0 Å². The normalized spacial score (nSPS) is 20.2. The summed E-state index contributed by atoms with van der Waals surface area (Å²) in [6, 6.07) is 7.88. The van der Waals surface area contributed by atoms with Gasteiger partial charge < -0.3 is 19.3 Å². The van der Waals surface area contributed by atoms with Crippen LogP contribution in [0.2, 0.25) is 0 Å². The van der Waals surface area contributed by atoms with Crippen LogP contribution in [0.3, 0.4) is 0 Å². The summed E-state index contributed by atoms with van der Waals surface area (Å²) in [5, 5.41) is 7.73. The van der Waals surface area contributed by atoms with Crippen molar-refractivity contribution in [1.29, 1.82) is 0 Å². The highest BCUT2D eigenvalue weighted by molar-refractivity contribution is 6.07. The predicted octanol–water partition coefficient (Wildman–Crippen LogP) is 2.80. The van der Waals surface area contributed by atoms with E-state index in [9.17, 15) is 9.18 Å². The van der Waals surface area contributed by atoms with E-state index in [0.717, 1.165) is 26.1 Å². The fourth-order valence-corrected chi connectivity index (χ4v) is 4.69. The molecule has 8 nitrogen and oxygen atoms in total. The third-order valence-electron chi connectivity index (χ3n) is 6.50. The lowest BCUT2D eigenvalue weighted by Crippen LogP contribution is -2.52. The summed E-state index contributed by atoms with van der Waals surface area (Å²) in [7, 11) is 0. The van der Waals surface area contributed by atoms with Gasteiger partial charge in [-0.05, 0) is 43.7 Å². The minimum atomic E-state index is -0.335. The van der Waals surface area contributed by atoms with E-state index in [-0.39, 0.29) is 23.5 Å². The Balaban J connectivity index is 1.42. The van der Waals surface area contributed by atoms with Crippen molar-refractivity contribution in [3.05, 3.63) is 47.4 Å². The largest absolute Gasteiger partial charge is 0.381 e. The van der Waals surface area contributed by atoms with E-state index in [1.54, 1.807) is 25.1 Å². The molecule has 2 atom stereocenters. The van der Waals surface area contributed by atoms with E-state index in [1.165, 1.54) is 12.1 Å². The summed E-state index contributed by atoms with van der Waals surface area (Å²) in [5.41, 5.74) is 2.55. The number of aryl methyl sites for hydroxylation is 1. The Hall–Kier alpha value is -2.88. The zero-order chi connectivity index (χ0) is 22.8.